The Bertz CT molecular complexity index is 445. The number of carbonyl (C=O) groups is 1. The summed E-state index contributed by atoms with van der Waals surface area (Å²) in [4.78, 5) is 12.2. The lowest BCUT2D eigenvalue weighted by Gasteiger charge is -2.61. The number of halogens is 1. The summed E-state index contributed by atoms with van der Waals surface area (Å²) in [5, 5.41) is -0.0715. The van der Waals surface area contributed by atoms with E-state index in [0.717, 1.165) is 30.1 Å². The lowest BCUT2D eigenvalue weighted by Crippen LogP contribution is -2.55. The third-order valence-corrected chi connectivity index (χ3v) is 8.50. The molecule has 2 heteroatoms. The van der Waals surface area contributed by atoms with Gasteiger partial charge in [0.15, 0.2) is 0 Å². The van der Waals surface area contributed by atoms with Crippen molar-refractivity contribution in [2.24, 2.45) is 40.4 Å². The van der Waals surface area contributed by atoms with E-state index in [2.05, 4.69) is 27.7 Å². The van der Waals surface area contributed by atoms with Gasteiger partial charge in [-0.25, -0.2) is 0 Å². The molecular formula is C20H33ClO. The van der Waals surface area contributed by atoms with E-state index in [1.54, 1.807) is 0 Å². The molecule has 0 radical (unpaired) electrons. The molecule has 0 heterocycles. The molecule has 3 fully saturated rings. The number of hydrogen-bond acceptors (Lipinski definition) is 1. The van der Waals surface area contributed by atoms with E-state index in [1.165, 1.54) is 44.9 Å². The van der Waals surface area contributed by atoms with Crippen molar-refractivity contribution in [1.29, 1.82) is 0 Å². The molecule has 1 nitrogen and oxygen atoms in total. The lowest BCUT2D eigenvalue weighted by atomic mass is 9.44. The monoisotopic (exact) mass is 324 g/mol. The summed E-state index contributed by atoms with van der Waals surface area (Å²) < 4.78 is 0. The van der Waals surface area contributed by atoms with Crippen molar-refractivity contribution in [2.45, 2.75) is 79.1 Å². The molecule has 126 valence electrons. The van der Waals surface area contributed by atoms with Gasteiger partial charge in [0.25, 0.3) is 0 Å². The fourth-order valence-corrected chi connectivity index (χ4v) is 6.94. The van der Waals surface area contributed by atoms with Crippen molar-refractivity contribution in [1.82, 2.24) is 0 Å². The molecule has 3 unspecified atom stereocenters. The number of fused-ring (bicyclic) bond motifs is 3. The van der Waals surface area contributed by atoms with Gasteiger partial charge in [0, 0.05) is 5.41 Å². The summed E-state index contributed by atoms with van der Waals surface area (Å²) in [5.74, 6) is 3.99. The molecule has 0 aromatic heterocycles. The van der Waals surface area contributed by atoms with E-state index in [4.69, 9.17) is 11.6 Å². The van der Waals surface area contributed by atoms with Gasteiger partial charge in [-0.05, 0) is 91.6 Å². The maximum atomic E-state index is 12.2. The Morgan fingerprint density at radius 2 is 1.82 bits per heavy atom. The molecule has 3 rings (SSSR count). The first-order valence-corrected chi connectivity index (χ1v) is 9.87. The Morgan fingerprint density at radius 3 is 2.45 bits per heavy atom. The zero-order chi connectivity index (χ0) is 16.1. The quantitative estimate of drug-likeness (QED) is 0.565. The van der Waals surface area contributed by atoms with Crippen LogP contribution < -0.4 is 0 Å². The topological polar surface area (TPSA) is 17.1 Å². The van der Waals surface area contributed by atoms with Crippen molar-refractivity contribution in [2.75, 3.05) is 0 Å². The largest absolute Gasteiger partial charge is 0.281 e. The average Bonchev–Trinajstić information content (AvgIpc) is 2.46. The highest BCUT2D eigenvalue weighted by molar-refractivity contribution is 6.64. The Morgan fingerprint density at radius 1 is 1.09 bits per heavy atom. The summed E-state index contributed by atoms with van der Waals surface area (Å²) >= 11 is 6.08. The van der Waals surface area contributed by atoms with E-state index in [0.29, 0.717) is 11.3 Å². The third kappa shape index (κ3) is 2.46. The van der Waals surface area contributed by atoms with Crippen LogP contribution in [0, 0.1) is 40.4 Å². The van der Waals surface area contributed by atoms with Crippen molar-refractivity contribution < 1.29 is 4.79 Å². The first kappa shape index (κ1) is 16.8. The molecule has 22 heavy (non-hydrogen) atoms. The molecule has 0 aromatic carbocycles. The molecule has 0 aromatic rings. The fraction of sp³-hybridized carbons (Fsp3) is 0.950. The first-order valence-electron chi connectivity index (χ1n) is 9.49. The maximum Gasteiger partial charge on any atom is 0.227 e. The van der Waals surface area contributed by atoms with Gasteiger partial charge in [-0.1, -0.05) is 34.1 Å². The van der Waals surface area contributed by atoms with Gasteiger partial charge in [0.05, 0.1) is 0 Å². The summed E-state index contributed by atoms with van der Waals surface area (Å²) in [6, 6.07) is 0. The van der Waals surface area contributed by atoms with Crippen molar-refractivity contribution in [3.8, 4) is 0 Å². The smallest absolute Gasteiger partial charge is 0.227 e. The molecule has 3 aliphatic carbocycles. The van der Waals surface area contributed by atoms with Crippen LogP contribution >= 0.6 is 11.6 Å². The zero-order valence-corrected chi connectivity index (χ0v) is 15.6. The SMILES string of the molecule is CC(C)C1CC[C@H]2C(CCC3[C@](C)(C(=O)Cl)CCC[C@@]32C)C1. The van der Waals surface area contributed by atoms with Gasteiger partial charge in [-0.2, -0.15) is 0 Å². The van der Waals surface area contributed by atoms with E-state index >= 15 is 0 Å². The highest BCUT2D eigenvalue weighted by atomic mass is 35.5. The zero-order valence-electron chi connectivity index (χ0n) is 14.8. The second-order valence-electron chi connectivity index (χ2n) is 9.36. The second kappa shape index (κ2) is 5.80. The van der Waals surface area contributed by atoms with Crippen molar-refractivity contribution in [3.05, 3.63) is 0 Å². The molecule has 0 N–H and O–H groups in total. The van der Waals surface area contributed by atoms with Gasteiger partial charge in [0.1, 0.15) is 0 Å². The number of hydrogen-bond donors (Lipinski definition) is 0. The van der Waals surface area contributed by atoms with Crippen molar-refractivity contribution >= 4 is 16.8 Å². The Balaban J connectivity index is 1.86. The van der Waals surface area contributed by atoms with Crippen LogP contribution in [0.25, 0.3) is 0 Å². The van der Waals surface area contributed by atoms with Gasteiger partial charge >= 0.3 is 0 Å². The van der Waals surface area contributed by atoms with Crippen LogP contribution in [0.15, 0.2) is 0 Å². The summed E-state index contributed by atoms with van der Waals surface area (Å²) in [6.07, 6.45) is 10.2. The predicted molar refractivity (Wildman–Crippen MR) is 92.8 cm³/mol. The second-order valence-corrected chi connectivity index (χ2v) is 9.71. The number of rotatable bonds is 2. The summed E-state index contributed by atoms with van der Waals surface area (Å²) in [7, 11) is 0. The van der Waals surface area contributed by atoms with Crippen LogP contribution in [-0.2, 0) is 4.79 Å². The molecule has 0 aliphatic heterocycles. The van der Waals surface area contributed by atoms with Crippen molar-refractivity contribution in [3.63, 3.8) is 0 Å². The van der Waals surface area contributed by atoms with Gasteiger partial charge < -0.3 is 0 Å². The van der Waals surface area contributed by atoms with E-state index in [1.807, 2.05) is 0 Å². The van der Waals surface area contributed by atoms with Gasteiger partial charge in [-0.3, -0.25) is 4.79 Å². The van der Waals surface area contributed by atoms with Crippen LogP contribution in [0.2, 0.25) is 0 Å². The summed E-state index contributed by atoms with van der Waals surface area (Å²) in [5.41, 5.74) is 0.0802. The lowest BCUT2D eigenvalue weighted by molar-refractivity contribution is -0.147. The normalized spacial score (nSPS) is 48.6. The molecule has 0 spiro atoms. The van der Waals surface area contributed by atoms with E-state index in [-0.39, 0.29) is 10.7 Å². The molecule has 0 amide bonds. The van der Waals surface area contributed by atoms with E-state index < -0.39 is 0 Å². The van der Waals surface area contributed by atoms with Crippen LogP contribution in [-0.4, -0.2) is 5.24 Å². The number of carbonyl (C=O) groups excluding carboxylic acids is 1. The minimum absolute atomic E-state index is 0.0715. The van der Waals surface area contributed by atoms with Crippen LogP contribution in [0.4, 0.5) is 0 Å². The third-order valence-electron chi connectivity index (χ3n) is 8.06. The molecule has 3 saturated carbocycles. The molecule has 0 bridgehead atoms. The fourth-order valence-electron chi connectivity index (χ4n) is 6.71. The van der Waals surface area contributed by atoms with Crippen LogP contribution in [0.1, 0.15) is 79.1 Å². The molecule has 0 saturated heterocycles. The Kier molecular flexibility index (Phi) is 4.43. The molecule has 3 aliphatic rings. The predicted octanol–water partition coefficient (Wildman–Crippen LogP) is 6.05. The average molecular weight is 325 g/mol. The van der Waals surface area contributed by atoms with Crippen LogP contribution in [0.5, 0.6) is 0 Å². The molecular weight excluding hydrogens is 292 g/mol. The van der Waals surface area contributed by atoms with Crippen LogP contribution in [0.3, 0.4) is 0 Å². The highest BCUT2D eigenvalue weighted by Crippen LogP contribution is 2.64. The Hall–Kier alpha value is -0.0400. The standard InChI is InChI=1S/C20H33ClO/c1-13(2)14-6-8-16-15(12-14)7-9-17-19(16,3)10-5-11-20(17,4)18(21)22/h13-17H,5-12H2,1-4H3/t14?,15?,16-,17?,19+,20+/m0/s1. The summed E-state index contributed by atoms with van der Waals surface area (Å²) in [6.45, 7) is 9.44. The van der Waals surface area contributed by atoms with Gasteiger partial charge in [-0.15, -0.1) is 0 Å². The molecule has 6 atom stereocenters. The van der Waals surface area contributed by atoms with Gasteiger partial charge in [0.2, 0.25) is 5.24 Å². The Labute approximate surface area is 141 Å². The van der Waals surface area contributed by atoms with E-state index in [9.17, 15) is 4.79 Å². The maximum absolute atomic E-state index is 12.2. The minimum atomic E-state index is -0.269. The first-order chi connectivity index (χ1) is 10.3. The highest BCUT2D eigenvalue weighted by Gasteiger charge is 2.58. The minimum Gasteiger partial charge on any atom is -0.281 e.